The highest BCUT2D eigenvalue weighted by atomic mass is 32.2. The van der Waals surface area contributed by atoms with Gasteiger partial charge in [0.15, 0.2) is 6.61 Å². The molecule has 2 bridgehead atoms. The van der Waals surface area contributed by atoms with Crippen LogP contribution in [0.4, 0.5) is 24.5 Å². The third-order valence-corrected chi connectivity index (χ3v) is 12.7. The molecule has 3 aromatic carbocycles. The van der Waals surface area contributed by atoms with Gasteiger partial charge in [0, 0.05) is 21.7 Å². The van der Waals surface area contributed by atoms with E-state index in [1.807, 2.05) is 43.3 Å². The predicted octanol–water partition coefficient (Wildman–Crippen LogP) is 6.46. The first kappa shape index (κ1) is 30.9. The van der Waals surface area contributed by atoms with E-state index in [2.05, 4.69) is 10.3 Å². The normalized spacial score (nSPS) is 27.1. The van der Waals surface area contributed by atoms with Crippen molar-refractivity contribution in [1.82, 2.24) is 4.98 Å². The van der Waals surface area contributed by atoms with Crippen LogP contribution in [0.5, 0.6) is 5.75 Å². The number of amides is 3. The van der Waals surface area contributed by atoms with Crippen LogP contribution in [0.3, 0.4) is 0 Å². The Morgan fingerprint density at radius 2 is 1.71 bits per heavy atom. The molecule has 3 heterocycles. The summed E-state index contributed by atoms with van der Waals surface area (Å²) in [6, 6.07) is 19.0. The third kappa shape index (κ3) is 5.06. The molecule has 1 saturated heterocycles. The van der Waals surface area contributed by atoms with Crippen LogP contribution in [0.2, 0.25) is 0 Å². The van der Waals surface area contributed by atoms with Gasteiger partial charge in [-0.25, -0.2) is 0 Å². The number of rotatable bonds is 6. The van der Waals surface area contributed by atoms with E-state index < -0.39 is 36.1 Å². The van der Waals surface area contributed by atoms with E-state index in [-0.39, 0.29) is 51.3 Å². The van der Waals surface area contributed by atoms with Gasteiger partial charge in [-0.3, -0.25) is 24.1 Å². The first-order chi connectivity index (χ1) is 23.0. The van der Waals surface area contributed by atoms with Crippen molar-refractivity contribution in [3.05, 3.63) is 104 Å². The number of anilines is 2. The molecule has 2 aliphatic heterocycles. The highest BCUT2D eigenvalue weighted by Crippen LogP contribution is 2.68. The van der Waals surface area contributed by atoms with Crippen LogP contribution in [0.25, 0.3) is 0 Å². The van der Waals surface area contributed by atoms with Crippen LogP contribution in [-0.4, -0.2) is 34.6 Å². The van der Waals surface area contributed by atoms with Crippen molar-refractivity contribution in [2.24, 2.45) is 29.6 Å². The highest BCUT2D eigenvalue weighted by Gasteiger charge is 2.69. The number of hydrogen-bond donors (Lipinski definition) is 2. The number of fused-ring (bicyclic) bond motifs is 9. The van der Waals surface area contributed by atoms with E-state index in [1.54, 1.807) is 23.9 Å². The maximum Gasteiger partial charge on any atom is 0.416 e. The fourth-order valence-electron chi connectivity index (χ4n) is 8.26. The smallest absolute Gasteiger partial charge is 0.416 e. The van der Waals surface area contributed by atoms with Crippen molar-refractivity contribution in [3.63, 3.8) is 0 Å². The van der Waals surface area contributed by atoms with Gasteiger partial charge in [-0.05, 0) is 79.1 Å². The number of thiazole rings is 1. The molecule has 0 radical (unpaired) electrons. The highest BCUT2D eigenvalue weighted by molar-refractivity contribution is 8.00. The summed E-state index contributed by atoms with van der Waals surface area (Å²) in [7, 11) is 0. The number of benzene rings is 3. The number of thioether (sulfide) groups is 1. The number of imide groups is 1. The Kier molecular flexibility index (Phi) is 7.33. The summed E-state index contributed by atoms with van der Waals surface area (Å²) in [5.41, 5.74) is 1.60. The third-order valence-electron chi connectivity index (χ3n) is 10.1. The van der Waals surface area contributed by atoms with E-state index in [0.717, 1.165) is 50.9 Å². The molecular weight excluding hydrogens is 664 g/mol. The summed E-state index contributed by atoms with van der Waals surface area (Å²) in [5, 5.41) is 3.23. The monoisotopic (exact) mass is 691 g/mol. The fourth-order valence-corrected chi connectivity index (χ4v) is 11.1. The standard InChI is InChI=1S/C35H28F3N3O5S2/c1-16-8-10-20(11-9-16)41-32(43)27-22-14-23(28(27)33(41)44)29-26(22)25(30-31(47-29)40-34(45)48-30)17-4-2-7-21(12-17)46-15-24(42)39-19-6-3-5-18(13-19)35(36,37)38/h2-13,22-23,25-29H,14-15H2,1H3,(H,39,42)(H,40,45)/t22-,23-,25+,26-,27+,28+,29-/m1/s1. The molecule has 4 aliphatic rings. The molecule has 13 heteroatoms. The maximum atomic E-state index is 14.0. The molecule has 8 rings (SSSR count). The van der Waals surface area contributed by atoms with Crippen LogP contribution >= 0.6 is 23.1 Å². The molecule has 3 amide bonds. The van der Waals surface area contributed by atoms with Gasteiger partial charge in [-0.1, -0.05) is 47.2 Å². The Labute approximate surface area is 280 Å². The molecule has 7 atom stereocenters. The van der Waals surface area contributed by atoms with Crippen molar-refractivity contribution in [2.75, 3.05) is 16.8 Å². The zero-order valence-corrected chi connectivity index (χ0v) is 27.0. The van der Waals surface area contributed by atoms with E-state index in [0.29, 0.717) is 11.4 Å². The van der Waals surface area contributed by atoms with Crippen molar-refractivity contribution in [1.29, 1.82) is 0 Å². The Hall–Kier alpha value is -4.36. The van der Waals surface area contributed by atoms with E-state index >= 15 is 0 Å². The van der Waals surface area contributed by atoms with E-state index in [1.165, 1.54) is 17.0 Å². The molecule has 2 aliphatic carbocycles. The molecule has 48 heavy (non-hydrogen) atoms. The van der Waals surface area contributed by atoms with Gasteiger partial charge in [0.2, 0.25) is 11.8 Å². The van der Waals surface area contributed by atoms with Crippen molar-refractivity contribution in [2.45, 2.75) is 35.7 Å². The first-order valence-electron chi connectivity index (χ1n) is 15.5. The van der Waals surface area contributed by atoms with Gasteiger partial charge in [0.25, 0.3) is 5.91 Å². The zero-order chi connectivity index (χ0) is 33.5. The van der Waals surface area contributed by atoms with Gasteiger partial charge in [-0.2, -0.15) is 13.2 Å². The topological polar surface area (TPSA) is 109 Å². The number of carbonyl (C=O) groups is 3. The second-order valence-electron chi connectivity index (χ2n) is 12.8. The Morgan fingerprint density at radius 3 is 2.46 bits per heavy atom. The molecule has 0 spiro atoms. The predicted molar refractivity (Wildman–Crippen MR) is 174 cm³/mol. The van der Waals surface area contributed by atoms with Crippen LogP contribution in [0.15, 0.2) is 82.6 Å². The number of hydrogen-bond acceptors (Lipinski definition) is 7. The summed E-state index contributed by atoms with van der Waals surface area (Å²) >= 11 is 2.74. The molecular formula is C35H28F3N3O5S2. The number of H-pyrrole nitrogens is 1. The largest absolute Gasteiger partial charge is 0.484 e. The van der Waals surface area contributed by atoms with Gasteiger partial charge >= 0.3 is 11.0 Å². The quantitative estimate of drug-likeness (QED) is 0.225. The summed E-state index contributed by atoms with van der Waals surface area (Å²) in [6.45, 7) is 1.52. The average molecular weight is 692 g/mol. The SMILES string of the molecule is Cc1ccc(N2C(=O)[C@H]3[C@H]4C[C@@H]([C@@H]3C2=O)[C@@H]2[C@H](c3cccc(OCC(=O)Nc5cccc(C(F)(F)F)c5)c3)c3sc(=O)[nH]c3S[C@H]42)cc1. The summed E-state index contributed by atoms with van der Waals surface area (Å²) < 4.78 is 45.1. The molecule has 8 nitrogen and oxygen atoms in total. The minimum Gasteiger partial charge on any atom is -0.484 e. The molecule has 3 fully saturated rings. The number of nitrogens with one attached hydrogen (secondary N) is 2. The Bertz CT molecular complexity index is 2030. The second kappa shape index (κ2) is 11.4. The van der Waals surface area contributed by atoms with Crippen LogP contribution in [0, 0.1) is 36.5 Å². The number of aryl methyl sites for hydroxylation is 1. The van der Waals surface area contributed by atoms with Crippen molar-refractivity contribution < 1.29 is 32.3 Å². The Balaban J connectivity index is 1.06. The summed E-state index contributed by atoms with van der Waals surface area (Å²) in [6.07, 6.45) is -3.79. The fraction of sp³-hybridized carbons (Fsp3) is 0.314. The minimum absolute atomic E-state index is 0.00305. The Morgan fingerprint density at radius 1 is 0.979 bits per heavy atom. The number of alkyl halides is 3. The lowest BCUT2D eigenvalue weighted by Gasteiger charge is -2.43. The number of aromatic nitrogens is 1. The number of aromatic amines is 1. The summed E-state index contributed by atoms with van der Waals surface area (Å²) in [4.78, 5) is 58.1. The van der Waals surface area contributed by atoms with E-state index in [4.69, 9.17) is 4.74 Å². The van der Waals surface area contributed by atoms with Gasteiger partial charge in [-0.15, -0.1) is 11.8 Å². The number of ether oxygens (including phenoxy) is 1. The lowest BCUT2D eigenvalue weighted by Crippen LogP contribution is -2.42. The lowest BCUT2D eigenvalue weighted by molar-refractivity contribution is -0.137. The van der Waals surface area contributed by atoms with Crippen LogP contribution in [0.1, 0.15) is 33.9 Å². The van der Waals surface area contributed by atoms with Crippen LogP contribution in [-0.2, 0) is 20.6 Å². The molecule has 1 aromatic heterocycles. The first-order valence-corrected chi connectivity index (χ1v) is 17.2. The van der Waals surface area contributed by atoms with Crippen molar-refractivity contribution >= 4 is 52.2 Å². The minimum atomic E-state index is -4.54. The molecule has 2 saturated carbocycles. The van der Waals surface area contributed by atoms with Crippen molar-refractivity contribution in [3.8, 4) is 5.75 Å². The maximum absolute atomic E-state index is 14.0. The number of nitrogens with zero attached hydrogens (tertiary/aromatic N) is 1. The zero-order valence-electron chi connectivity index (χ0n) is 25.3. The van der Waals surface area contributed by atoms with Gasteiger partial charge < -0.3 is 15.0 Å². The van der Waals surface area contributed by atoms with Gasteiger partial charge in [0.1, 0.15) is 5.75 Å². The number of carbonyl (C=O) groups excluding carboxylic acids is 3. The van der Waals surface area contributed by atoms with Gasteiger partial charge in [0.05, 0.1) is 28.1 Å². The molecule has 246 valence electrons. The molecule has 0 unspecified atom stereocenters. The second-order valence-corrected chi connectivity index (χ2v) is 15.0. The number of halogens is 3. The van der Waals surface area contributed by atoms with E-state index in [9.17, 15) is 32.3 Å². The van der Waals surface area contributed by atoms with Crippen LogP contribution < -0.4 is 19.8 Å². The lowest BCUT2D eigenvalue weighted by atomic mass is 9.68. The molecule has 4 aromatic rings. The molecule has 2 N–H and O–H groups in total. The average Bonchev–Trinajstić information content (AvgIpc) is 3.79. The summed E-state index contributed by atoms with van der Waals surface area (Å²) in [5.74, 6) is -1.77.